The lowest BCUT2D eigenvalue weighted by molar-refractivity contribution is 0.279. The van der Waals surface area contributed by atoms with Crippen LogP contribution in [0, 0.1) is 5.92 Å². The highest BCUT2D eigenvalue weighted by atomic mass is 127. The van der Waals surface area contributed by atoms with Crippen LogP contribution in [0.4, 0.5) is 0 Å². The first-order valence-electron chi connectivity index (χ1n) is 10.6. The zero-order chi connectivity index (χ0) is 17.9. The summed E-state index contributed by atoms with van der Waals surface area (Å²) in [4.78, 5) is 9.40. The third-order valence-corrected chi connectivity index (χ3v) is 5.87. The van der Waals surface area contributed by atoms with E-state index in [1.807, 2.05) is 7.05 Å². The Bertz CT molecular complexity index is 384. The first kappa shape index (κ1) is 24.0. The van der Waals surface area contributed by atoms with Crippen LogP contribution in [-0.2, 0) is 0 Å². The molecular weight excluding hydrogens is 437 g/mol. The van der Waals surface area contributed by atoms with Gasteiger partial charge in [0, 0.05) is 39.3 Å². The lowest BCUT2D eigenvalue weighted by atomic mass is 9.85. The third kappa shape index (κ3) is 9.74. The Kier molecular flexibility index (Phi) is 12.9. The molecule has 1 heterocycles. The van der Waals surface area contributed by atoms with E-state index >= 15 is 0 Å². The lowest BCUT2D eigenvalue weighted by Gasteiger charge is -2.25. The van der Waals surface area contributed by atoms with Gasteiger partial charge >= 0.3 is 0 Å². The van der Waals surface area contributed by atoms with Crippen LogP contribution in [-0.4, -0.2) is 75.2 Å². The Balaban J connectivity index is 0.00000338. The van der Waals surface area contributed by atoms with E-state index in [9.17, 15) is 0 Å². The second-order valence-electron chi connectivity index (χ2n) is 8.12. The number of hydrogen-bond acceptors (Lipinski definition) is 3. The fourth-order valence-electron chi connectivity index (χ4n) is 4.12. The molecule has 0 aromatic heterocycles. The van der Waals surface area contributed by atoms with Gasteiger partial charge in [-0.3, -0.25) is 4.99 Å². The van der Waals surface area contributed by atoms with Crippen molar-refractivity contribution in [3.05, 3.63) is 0 Å². The molecular formula is C20H42IN5. The van der Waals surface area contributed by atoms with E-state index in [4.69, 9.17) is 0 Å². The van der Waals surface area contributed by atoms with Gasteiger partial charge in [0.2, 0.25) is 0 Å². The van der Waals surface area contributed by atoms with E-state index < -0.39 is 0 Å². The molecule has 1 atom stereocenters. The number of likely N-dealkylation sites (N-methyl/N-ethyl adjacent to an activating group) is 1. The zero-order valence-corrected chi connectivity index (χ0v) is 19.6. The number of halogens is 1. The SMILES string of the molecule is CN=C(NCCN1CCCN(C)CC1)NC(C)CCC1CCCCC1.I. The van der Waals surface area contributed by atoms with Crippen molar-refractivity contribution in [2.75, 3.05) is 53.4 Å². The van der Waals surface area contributed by atoms with Crippen molar-refractivity contribution in [2.45, 2.75) is 64.3 Å². The Morgan fingerprint density at radius 2 is 1.85 bits per heavy atom. The van der Waals surface area contributed by atoms with E-state index in [0.29, 0.717) is 6.04 Å². The number of rotatable bonds is 7. The quantitative estimate of drug-likeness (QED) is 0.335. The maximum absolute atomic E-state index is 4.40. The second kappa shape index (κ2) is 14.0. The van der Waals surface area contributed by atoms with E-state index in [0.717, 1.165) is 25.0 Å². The third-order valence-electron chi connectivity index (χ3n) is 5.87. The summed E-state index contributed by atoms with van der Waals surface area (Å²) in [5, 5.41) is 7.08. The minimum Gasteiger partial charge on any atom is -0.355 e. The maximum atomic E-state index is 4.40. The molecule has 154 valence electrons. The van der Waals surface area contributed by atoms with Crippen LogP contribution < -0.4 is 10.6 Å². The highest BCUT2D eigenvalue weighted by molar-refractivity contribution is 14.0. The average Bonchev–Trinajstić information content (AvgIpc) is 2.84. The fraction of sp³-hybridized carbons (Fsp3) is 0.950. The minimum absolute atomic E-state index is 0. The van der Waals surface area contributed by atoms with Crippen molar-refractivity contribution in [1.29, 1.82) is 0 Å². The largest absolute Gasteiger partial charge is 0.355 e. The number of guanidine groups is 1. The summed E-state index contributed by atoms with van der Waals surface area (Å²) in [6.45, 7) is 9.18. The van der Waals surface area contributed by atoms with E-state index in [1.54, 1.807) is 0 Å². The van der Waals surface area contributed by atoms with Gasteiger partial charge in [0.1, 0.15) is 0 Å². The van der Waals surface area contributed by atoms with Crippen molar-refractivity contribution in [3.8, 4) is 0 Å². The molecule has 5 nitrogen and oxygen atoms in total. The number of nitrogens with zero attached hydrogens (tertiary/aromatic N) is 3. The molecule has 0 amide bonds. The predicted octanol–water partition coefficient (Wildman–Crippen LogP) is 3.16. The van der Waals surface area contributed by atoms with Crippen molar-refractivity contribution >= 4 is 29.9 Å². The van der Waals surface area contributed by atoms with Gasteiger partial charge in [-0.15, -0.1) is 24.0 Å². The molecule has 6 heteroatoms. The molecule has 26 heavy (non-hydrogen) atoms. The molecule has 0 aromatic carbocycles. The highest BCUT2D eigenvalue weighted by Gasteiger charge is 2.15. The topological polar surface area (TPSA) is 42.9 Å². The van der Waals surface area contributed by atoms with Crippen molar-refractivity contribution in [3.63, 3.8) is 0 Å². The summed E-state index contributed by atoms with van der Waals surface area (Å²) in [6, 6.07) is 0.500. The van der Waals surface area contributed by atoms with Crippen LogP contribution in [0.2, 0.25) is 0 Å². The normalized spacial score (nSPS) is 22.3. The molecule has 1 unspecified atom stereocenters. The van der Waals surface area contributed by atoms with E-state index in [-0.39, 0.29) is 24.0 Å². The zero-order valence-electron chi connectivity index (χ0n) is 17.3. The average molecular weight is 479 g/mol. The van der Waals surface area contributed by atoms with Gasteiger partial charge in [-0.05, 0) is 52.2 Å². The van der Waals surface area contributed by atoms with Crippen LogP contribution in [0.1, 0.15) is 58.3 Å². The maximum Gasteiger partial charge on any atom is 0.191 e. The van der Waals surface area contributed by atoms with Crippen molar-refractivity contribution in [2.24, 2.45) is 10.9 Å². The van der Waals surface area contributed by atoms with Gasteiger partial charge < -0.3 is 20.4 Å². The molecule has 1 saturated heterocycles. The van der Waals surface area contributed by atoms with Crippen molar-refractivity contribution < 1.29 is 0 Å². The molecule has 1 aliphatic heterocycles. The molecule has 2 aliphatic rings. The first-order chi connectivity index (χ1) is 12.2. The Morgan fingerprint density at radius 3 is 2.58 bits per heavy atom. The molecule has 2 fully saturated rings. The van der Waals surface area contributed by atoms with E-state index in [2.05, 4.69) is 39.4 Å². The van der Waals surface area contributed by atoms with Crippen LogP contribution in [0.3, 0.4) is 0 Å². The first-order valence-corrected chi connectivity index (χ1v) is 10.6. The summed E-state index contributed by atoms with van der Waals surface area (Å²) in [5.41, 5.74) is 0. The Morgan fingerprint density at radius 1 is 1.08 bits per heavy atom. The monoisotopic (exact) mass is 479 g/mol. The van der Waals surface area contributed by atoms with Gasteiger partial charge in [-0.2, -0.15) is 0 Å². The van der Waals surface area contributed by atoms with Gasteiger partial charge in [0.25, 0.3) is 0 Å². The minimum atomic E-state index is 0. The summed E-state index contributed by atoms with van der Waals surface area (Å²) < 4.78 is 0. The summed E-state index contributed by atoms with van der Waals surface area (Å²) >= 11 is 0. The van der Waals surface area contributed by atoms with Crippen LogP contribution in [0.25, 0.3) is 0 Å². The summed E-state index contributed by atoms with van der Waals surface area (Å²) in [6.07, 6.45) is 11.1. The molecule has 0 radical (unpaired) electrons. The molecule has 1 saturated carbocycles. The molecule has 1 aliphatic carbocycles. The van der Waals surface area contributed by atoms with Gasteiger partial charge in [0.05, 0.1) is 0 Å². The Labute approximate surface area is 178 Å². The number of aliphatic imine (C=N–C) groups is 1. The number of nitrogens with one attached hydrogen (secondary N) is 2. The highest BCUT2D eigenvalue weighted by Crippen LogP contribution is 2.27. The molecule has 0 aromatic rings. The molecule has 2 rings (SSSR count). The van der Waals surface area contributed by atoms with Gasteiger partial charge in [-0.25, -0.2) is 0 Å². The summed E-state index contributed by atoms with van der Waals surface area (Å²) in [5.74, 6) is 1.93. The van der Waals surface area contributed by atoms with E-state index in [1.165, 1.54) is 77.5 Å². The second-order valence-corrected chi connectivity index (χ2v) is 8.12. The lowest BCUT2D eigenvalue weighted by Crippen LogP contribution is -2.45. The molecule has 2 N–H and O–H groups in total. The van der Waals surface area contributed by atoms with Crippen molar-refractivity contribution in [1.82, 2.24) is 20.4 Å². The number of hydrogen-bond donors (Lipinski definition) is 2. The predicted molar refractivity (Wildman–Crippen MR) is 124 cm³/mol. The Hall–Kier alpha value is -0.0800. The molecule has 0 spiro atoms. The summed E-state index contributed by atoms with van der Waals surface area (Å²) in [7, 11) is 4.10. The fourth-order valence-corrected chi connectivity index (χ4v) is 4.12. The smallest absolute Gasteiger partial charge is 0.191 e. The van der Waals surface area contributed by atoms with Gasteiger partial charge in [0.15, 0.2) is 5.96 Å². The standard InChI is InChI=1S/C20H41N5.HI/c1-18(10-11-19-8-5-4-6-9-19)23-20(21-2)22-12-15-25-14-7-13-24(3)16-17-25;/h18-19H,4-17H2,1-3H3,(H2,21,22,23);1H. The van der Waals surface area contributed by atoms with Crippen LogP contribution >= 0.6 is 24.0 Å². The van der Waals surface area contributed by atoms with Crippen LogP contribution in [0.15, 0.2) is 4.99 Å². The van der Waals surface area contributed by atoms with Crippen LogP contribution in [0.5, 0.6) is 0 Å². The van der Waals surface area contributed by atoms with Gasteiger partial charge in [-0.1, -0.05) is 32.1 Å². The molecule has 0 bridgehead atoms.